The van der Waals surface area contributed by atoms with Crippen LogP contribution in [0.5, 0.6) is 0 Å². The number of para-hydroxylation sites is 1. The molecule has 0 radical (unpaired) electrons. The molecule has 3 aromatic carbocycles. The van der Waals surface area contributed by atoms with E-state index in [0.29, 0.717) is 16.8 Å². The third-order valence-electron chi connectivity index (χ3n) is 7.12. The second-order valence-electron chi connectivity index (χ2n) is 9.20. The highest BCUT2D eigenvalue weighted by Crippen LogP contribution is 2.62. The first kappa shape index (κ1) is 22.6. The standard InChI is InChI=1S/C29H25NO5/c1-16(2)28(34)35-29-20-13-7-5-11-18(20)23(19-12-6-8-14-21(19)29)24(25(29)27(32)33)26(31)30-22-15-9-4-10-17(22)3/h4-15,23-25H,1H2,2-3H3,(H,30,31)(H,32,33). The third-order valence-corrected chi connectivity index (χ3v) is 7.12. The van der Waals surface area contributed by atoms with Crippen LogP contribution in [0, 0.1) is 18.8 Å². The molecule has 0 saturated carbocycles. The Labute approximate surface area is 203 Å². The van der Waals surface area contributed by atoms with Gasteiger partial charge in [-0.25, -0.2) is 4.79 Å². The summed E-state index contributed by atoms with van der Waals surface area (Å²) in [4.78, 5) is 39.8. The number of carbonyl (C=O) groups excluding carboxylic acids is 2. The van der Waals surface area contributed by atoms with E-state index in [9.17, 15) is 19.5 Å². The number of carboxylic acid groups (broad SMARTS) is 1. The predicted molar refractivity (Wildman–Crippen MR) is 131 cm³/mol. The van der Waals surface area contributed by atoms with E-state index in [1.54, 1.807) is 30.3 Å². The first-order chi connectivity index (χ1) is 16.8. The van der Waals surface area contributed by atoms with Crippen molar-refractivity contribution in [2.75, 3.05) is 5.32 Å². The molecule has 6 rings (SSSR count). The van der Waals surface area contributed by atoms with E-state index in [4.69, 9.17) is 4.74 Å². The predicted octanol–water partition coefficient (Wildman–Crippen LogP) is 4.77. The van der Waals surface area contributed by atoms with Crippen LogP contribution in [-0.4, -0.2) is 23.0 Å². The maximum absolute atomic E-state index is 13.9. The molecule has 3 aromatic rings. The van der Waals surface area contributed by atoms with E-state index in [-0.39, 0.29) is 5.57 Å². The Hall–Kier alpha value is -4.19. The van der Waals surface area contributed by atoms with E-state index < -0.39 is 41.2 Å². The first-order valence-corrected chi connectivity index (χ1v) is 11.4. The Balaban J connectivity index is 1.77. The molecule has 0 fully saturated rings. The molecule has 0 saturated heterocycles. The van der Waals surface area contributed by atoms with Crippen LogP contribution in [0.4, 0.5) is 5.69 Å². The van der Waals surface area contributed by atoms with Gasteiger partial charge >= 0.3 is 11.9 Å². The summed E-state index contributed by atoms with van der Waals surface area (Å²) in [5.41, 5.74) is 2.67. The van der Waals surface area contributed by atoms with Crippen molar-refractivity contribution in [2.45, 2.75) is 25.4 Å². The normalized spacial score (nSPS) is 23.5. The van der Waals surface area contributed by atoms with Gasteiger partial charge in [-0.3, -0.25) is 9.59 Å². The monoisotopic (exact) mass is 467 g/mol. The highest BCUT2D eigenvalue weighted by molar-refractivity contribution is 5.99. The maximum atomic E-state index is 13.9. The van der Waals surface area contributed by atoms with Crippen LogP contribution < -0.4 is 5.32 Å². The van der Waals surface area contributed by atoms with Crippen molar-refractivity contribution in [3.63, 3.8) is 0 Å². The Kier molecular flexibility index (Phi) is 5.32. The number of aliphatic carboxylic acids is 1. The molecule has 176 valence electrons. The van der Waals surface area contributed by atoms with Crippen molar-refractivity contribution < 1.29 is 24.2 Å². The number of aryl methyl sites for hydroxylation is 1. The lowest BCUT2D eigenvalue weighted by Crippen LogP contribution is -2.59. The lowest BCUT2D eigenvalue weighted by atomic mass is 9.51. The van der Waals surface area contributed by atoms with Gasteiger partial charge in [0.05, 0.1) is 5.92 Å². The van der Waals surface area contributed by atoms with Crippen LogP contribution >= 0.6 is 0 Å². The molecule has 6 heteroatoms. The molecule has 2 bridgehead atoms. The SMILES string of the molecule is C=C(C)C(=O)OC12c3ccccc3C(c3ccccc31)C(C(=O)Nc1ccccc1C)C2C(=O)O. The highest BCUT2D eigenvalue weighted by atomic mass is 16.6. The van der Waals surface area contributed by atoms with Crippen molar-refractivity contribution in [3.8, 4) is 0 Å². The molecule has 3 aliphatic rings. The first-order valence-electron chi connectivity index (χ1n) is 11.4. The van der Waals surface area contributed by atoms with E-state index in [2.05, 4.69) is 11.9 Å². The molecule has 3 aliphatic carbocycles. The Morgan fingerprint density at radius 3 is 2.00 bits per heavy atom. The summed E-state index contributed by atoms with van der Waals surface area (Å²) < 4.78 is 6.11. The van der Waals surface area contributed by atoms with E-state index in [0.717, 1.165) is 16.7 Å². The Bertz CT molecular complexity index is 1340. The number of fused-ring (bicyclic) bond motifs is 1. The zero-order chi connectivity index (χ0) is 24.9. The molecule has 1 amide bonds. The molecule has 0 aromatic heterocycles. The number of benzene rings is 3. The Morgan fingerprint density at radius 1 is 0.914 bits per heavy atom. The minimum Gasteiger partial charge on any atom is -0.481 e. The van der Waals surface area contributed by atoms with Crippen molar-refractivity contribution in [3.05, 3.63) is 113 Å². The molecule has 35 heavy (non-hydrogen) atoms. The number of rotatable bonds is 5. The summed E-state index contributed by atoms with van der Waals surface area (Å²) in [6.45, 7) is 7.09. The zero-order valence-corrected chi connectivity index (χ0v) is 19.4. The molecule has 2 N–H and O–H groups in total. The molecular formula is C29H25NO5. The van der Waals surface area contributed by atoms with Gasteiger partial charge in [0.1, 0.15) is 5.92 Å². The van der Waals surface area contributed by atoms with Gasteiger partial charge in [-0.2, -0.15) is 0 Å². The fraction of sp³-hybridized carbons (Fsp3) is 0.207. The number of carbonyl (C=O) groups is 3. The van der Waals surface area contributed by atoms with Gasteiger partial charge in [0, 0.05) is 28.3 Å². The van der Waals surface area contributed by atoms with Crippen LogP contribution in [0.2, 0.25) is 0 Å². The molecule has 2 atom stereocenters. The van der Waals surface area contributed by atoms with Crippen LogP contribution in [0.25, 0.3) is 0 Å². The molecule has 2 unspecified atom stereocenters. The van der Waals surface area contributed by atoms with E-state index in [1.165, 1.54) is 6.92 Å². The number of hydrogen-bond acceptors (Lipinski definition) is 4. The molecule has 0 aliphatic heterocycles. The fourth-order valence-corrected chi connectivity index (χ4v) is 5.66. The number of anilines is 1. The summed E-state index contributed by atoms with van der Waals surface area (Å²) in [6.07, 6.45) is 0. The minimum absolute atomic E-state index is 0.145. The number of hydrogen-bond donors (Lipinski definition) is 2. The van der Waals surface area contributed by atoms with Crippen molar-refractivity contribution in [2.24, 2.45) is 11.8 Å². The van der Waals surface area contributed by atoms with Gasteiger partial charge < -0.3 is 15.2 Å². The third kappa shape index (κ3) is 3.28. The van der Waals surface area contributed by atoms with Crippen LogP contribution in [-0.2, 0) is 24.7 Å². The number of carboxylic acids is 1. The fourth-order valence-electron chi connectivity index (χ4n) is 5.66. The van der Waals surface area contributed by atoms with Crippen molar-refractivity contribution in [1.82, 2.24) is 0 Å². The van der Waals surface area contributed by atoms with Gasteiger partial charge in [0.2, 0.25) is 5.91 Å². The van der Waals surface area contributed by atoms with Gasteiger partial charge in [-0.15, -0.1) is 0 Å². The smallest absolute Gasteiger partial charge is 0.334 e. The summed E-state index contributed by atoms with van der Waals surface area (Å²) >= 11 is 0. The average molecular weight is 468 g/mol. The lowest BCUT2D eigenvalue weighted by Gasteiger charge is -2.54. The van der Waals surface area contributed by atoms with Gasteiger partial charge in [-0.1, -0.05) is 73.3 Å². The van der Waals surface area contributed by atoms with Gasteiger partial charge in [0.25, 0.3) is 0 Å². The lowest BCUT2D eigenvalue weighted by molar-refractivity contribution is -0.177. The number of nitrogens with one attached hydrogen (secondary N) is 1. The molecule has 0 heterocycles. The summed E-state index contributed by atoms with van der Waals surface area (Å²) in [5, 5.41) is 13.5. The topological polar surface area (TPSA) is 92.7 Å². The summed E-state index contributed by atoms with van der Waals surface area (Å²) in [7, 11) is 0. The quantitative estimate of drug-likeness (QED) is 0.416. The van der Waals surface area contributed by atoms with Crippen LogP contribution in [0.3, 0.4) is 0 Å². The maximum Gasteiger partial charge on any atom is 0.334 e. The molecule has 0 spiro atoms. The largest absolute Gasteiger partial charge is 0.481 e. The van der Waals surface area contributed by atoms with Gasteiger partial charge in [-0.05, 0) is 36.6 Å². The minimum atomic E-state index is -1.68. The number of amides is 1. The highest BCUT2D eigenvalue weighted by Gasteiger charge is 2.66. The zero-order valence-electron chi connectivity index (χ0n) is 19.4. The number of ether oxygens (including phenoxy) is 1. The summed E-state index contributed by atoms with van der Waals surface area (Å²) in [6, 6.07) is 21.9. The van der Waals surface area contributed by atoms with Crippen molar-refractivity contribution in [1.29, 1.82) is 0 Å². The second-order valence-corrected chi connectivity index (χ2v) is 9.20. The summed E-state index contributed by atoms with van der Waals surface area (Å²) in [5.74, 6) is -5.23. The van der Waals surface area contributed by atoms with E-state index in [1.807, 2.05) is 49.4 Å². The second kappa shape index (κ2) is 8.24. The van der Waals surface area contributed by atoms with Crippen LogP contribution in [0.1, 0.15) is 40.7 Å². The average Bonchev–Trinajstić information content (AvgIpc) is 2.85. The van der Waals surface area contributed by atoms with Crippen LogP contribution in [0.15, 0.2) is 84.9 Å². The Morgan fingerprint density at radius 2 is 1.46 bits per heavy atom. The number of esters is 1. The van der Waals surface area contributed by atoms with Crippen molar-refractivity contribution >= 4 is 23.5 Å². The van der Waals surface area contributed by atoms with Gasteiger partial charge in [0.15, 0.2) is 5.60 Å². The van der Waals surface area contributed by atoms with E-state index >= 15 is 0 Å². The molecule has 6 nitrogen and oxygen atoms in total. The molecular weight excluding hydrogens is 442 g/mol.